The lowest BCUT2D eigenvalue weighted by molar-refractivity contribution is -0.387. The zero-order valence-electron chi connectivity index (χ0n) is 9.84. The van der Waals surface area contributed by atoms with Crippen LogP contribution in [0.5, 0.6) is 5.75 Å². The number of carboxylic acid groups (broad SMARTS) is 1. The number of nitro groups is 1. The van der Waals surface area contributed by atoms with Crippen molar-refractivity contribution < 1.29 is 24.0 Å². The van der Waals surface area contributed by atoms with Crippen LogP contribution in [0, 0.1) is 21.8 Å². The van der Waals surface area contributed by atoms with Crippen LogP contribution in [-0.2, 0) is 0 Å². The Morgan fingerprint density at radius 2 is 2.17 bits per heavy atom. The summed E-state index contributed by atoms with van der Waals surface area (Å²) >= 11 is 0. The molecule has 0 fully saturated rings. The van der Waals surface area contributed by atoms with E-state index in [-0.39, 0.29) is 18.3 Å². The van der Waals surface area contributed by atoms with Crippen molar-refractivity contribution >= 4 is 11.7 Å². The van der Waals surface area contributed by atoms with Gasteiger partial charge in [0.2, 0.25) is 5.82 Å². The molecule has 0 aromatic heterocycles. The Labute approximate surface area is 102 Å². The summed E-state index contributed by atoms with van der Waals surface area (Å²) in [4.78, 5) is 20.5. The van der Waals surface area contributed by atoms with Gasteiger partial charge in [-0.05, 0) is 5.92 Å². The second kappa shape index (κ2) is 5.44. The van der Waals surface area contributed by atoms with Crippen molar-refractivity contribution in [2.45, 2.75) is 13.8 Å². The van der Waals surface area contributed by atoms with Gasteiger partial charge >= 0.3 is 11.7 Å². The van der Waals surface area contributed by atoms with Gasteiger partial charge < -0.3 is 9.84 Å². The summed E-state index contributed by atoms with van der Waals surface area (Å²) in [7, 11) is 0. The van der Waals surface area contributed by atoms with Crippen LogP contribution < -0.4 is 4.74 Å². The average Bonchev–Trinajstić information content (AvgIpc) is 2.25. The van der Waals surface area contributed by atoms with Gasteiger partial charge in [0.05, 0.1) is 11.5 Å². The molecule has 0 radical (unpaired) electrons. The largest absolute Gasteiger partial charge is 0.492 e. The Hall–Kier alpha value is -2.18. The predicted molar refractivity (Wildman–Crippen MR) is 60.3 cm³/mol. The highest BCUT2D eigenvalue weighted by Gasteiger charge is 2.22. The van der Waals surface area contributed by atoms with E-state index in [2.05, 4.69) is 0 Å². The predicted octanol–water partition coefficient (Wildman–Crippen LogP) is 2.47. The van der Waals surface area contributed by atoms with Crippen molar-refractivity contribution in [1.29, 1.82) is 0 Å². The molecule has 0 saturated carbocycles. The number of aromatic carboxylic acids is 1. The number of halogens is 1. The topological polar surface area (TPSA) is 89.7 Å². The van der Waals surface area contributed by atoms with E-state index in [1.165, 1.54) is 0 Å². The van der Waals surface area contributed by atoms with Gasteiger partial charge in [-0.3, -0.25) is 10.1 Å². The molecular formula is C11H12FNO5. The maximum absolute atomic E-state index is 13.4. The quantitative estimate of drug-likeness (QED) is 0.646. The average molecular weight is 257 g/mol. The molecule has 1 aromatic rings. The highest BCUT2D eigenvalue weighted by Crippen LogP contribution is 2.28. The van der Waals surface area contributed by atoms with Crippen molar-refractivity contribution in [2.75, 3.05) is 6.61 Å². The molecule has 0 amide bonds. The van der Waals surface area contributed by atoms with Crippen molar-refractivity contribution in [1.82, 2.24) is 0 Å². The molecule has 0 bridgehead atoms. The summed E-state index contributed by atoms with van der Waals surface area (Å²) in [5, 5.41) is 19.4. The number of nitro benzene ring substituents is 1. The Morgan fingerprint density at radius 1 is 1.56 bits per heavy atom. The van der Waals surface area contributed by atoms with Gasteiger partial charge in [0.1, 0.15) is 11.3 Å². The molecular weight excluding hydrogens is 245 g/mol. The van der Waals surface area contributed by atoms with E-state index in [1.807, 2.05) is 13.8 Å². The first-order valence-corrected chi connectivity index (χ1v) is 5.17. The summed E-state index contributed by atoms with van der Waals surface area (Å²) in [6.07, 6.45) is 0. The van der Waals surface area contributed by atoms with Crippen LogP contribution in [0.3, 0.4) is 0 Å². The smallest absolute Gasteiger partial charge is 0.339 e. The normalized spacial score (nSPS) is 10.4. The number of benzene rings is 1. The minimum absolute atomic E-state index is 0.116. The summed E-state index contributed by atoms with van der Waals surface area (Å²) in [6, 6.07) is 1.39. The van der Waals surface area contributed by atoms with Gasteiger partial charge in [-0.1, -0.05) is 13.8 Å². The van der Waals surface area contributed by atoms with Crippen molar-refractivity contribution in [3.05, 3.63) is 33.6 Å². The van der Waals surface area contributed by atoms with E-state index in [4.69, 9.17) is 9.84 Å². The van der Waals surface area contributed by atoms with Crippen molar-refractivity contribution in [3.8, 4) is 5.75 Å². The highest BCUT2D eigenvalue weighted by molar-refractivity contribution is 5.91. The minimum Gasteiger partial charge on any atom is -0.492 e. The molecule has 0 aliphatic carbocycles. The van der Waals surface area contributed by atoms with Crippen molar-refractivity contribution in [2.24, 2.45) is 5.92 Å². The molecule has 18 heavy (non-hydrogen) atoms. The monoisotopic (exact) mass is 257 g/mol. The molecule has 0 atom stereocenters. The molecule has 6 nitrogen and oxygen atoms in total. The van der Waals surface area contributed by atoms with Crippen LogP contribution in [0.4, 0.5) is 10.1 Å². The van der Waals surface area contributed by atoms with Crippen LogP contribution in [-0.4, -0.2) is 22.6 Å². The first kappa shape index (κ1) is 13.9. The van der Waals surface area contributed by atoms with Gasteiger partial charge in [0, 0.05) is 12.1 Å². The molecule has 0 heterocycles. The fourth-order valence-corrected chi connectivity index (χ4v) is 1.23. The van der Waals surface area contributed by atoms with Crippen LogP contribution >= 0.6 is 0 Å². The maximum Gasteiger partial charge on any atom is 0.339 e. The molecule has 0 aliphatic heterocycles. The van der Waals surface area contributed by atoms with E-state index in [0.29, 0.717) is 6.07 Å². The molecule has 0 unspecified atom stereocenters. The van der Waals surface area contributed by atoms with E-state index in [1.54, 1.807) is 0 Å². The summed E-state index contributed by atoms with van der Waals surface area (Å²) in [5.74, 6) is -2.62. The summed E-state index contributed by atoms with van der Waals surface area (Å²) in [5.41, 5.74) is -1.31. The van der Waals surface area contributed by atoms with Crippen LogP contribution in [0.25, 0.3) is 0 Å². The van der Waals surface area contributed by atoms with Gasteiger partial charge in [-0.2, -0.15) is 4.39 Å². The molecule has 0 spiro atoms. The van der Waals surface area contributed by atoms with Crippen LogP contribution in [0.2, 0.25) is 0 Å². The standard InChI is InChI=1S/C11H12FNO5/c1-6(2)5-18-10-4-8(12)9(13(16)17)3-7(10)11(14)15/h3-4,6H,5H2,1-2H3,(H,14,15). The fraction of sp³-hybridized carbons (Fsp3) is 0.364. The highest BCUT2D eigenvalue weighted by atomic mass is 19.1. The van der Waals surface area contributed by atoms with E-state index >= 15 is 0 Å². The first-order valence-electron chi connectivity index (χ1n) is 5.17. The lowest BCUT2D eigenvalue weighted by atomic mass is 10.1. The number of nitrogens with zero attached hydrogens (tertiary/aromatic N) is 1. The Kier molecular flexibility index (Phi) is 4.19. The number of rotatable bonds is 5. The van der Waals surface area contributed by atoms with E-state index in [0.717, 1.165) is 6.07 Å². The van der Waals surface area contributed by atoms with Crippen molar-refractivity contribution in [3.63, 3.8) is 0 Å². The molecule has 98 valence electrons. The zero-order valence-corrected chi connectivity index (χ0v) is 9.84. The van der Waals surface area contributed by atoms with Gasteiger partial charge in [0.25, 0.3) is 0 Å². The molecule has 0 aliphatic rings. The Morgan fingerprint density at radius 3 is 2.61 bits per heavy atom. The van der Waals surface area contributed by atoms with Gasteiger partial charge in [0.15, 0.2) is 0 Å². The van der Waals surface area contributed by atoms with Gasteiger partial charge in [-0.25, -0.2) is 4.79 Å². The number of carbonyl (C=O) groups is 1. The zero-order chi connectivity index (χ0) is 13.9. The maximum atomic E-state index is 13.4. The molecule has 1 N–H and O–H groups in total. The minimum atomic E-state index is -1.41. The number of hydrogen-bond acceptors (Lipinski definition) is 4. The second-order valence-electron chi connectivity index (χ2n) is 4.07. The molecule has 1 rings (SSSR count). The third kappa shape index (κ3) is 3.16. The van der Waals surface area contributed by atoms with E-state index < -0.39 is 28.0 Å². The molecule has 7 heteroatoms. The van der Waals surface area contributed by atoms with E-state index in [9.17, 15) is 19.3 Å². The summed E-state index contributed by atoms with van der Waals surface area (Å²) < 4.78 is 18.5. The third-order valence-corrected chi connectivity index (χ3v) is 2.05. The Bertz CT molecular complexity index is 487. The molecule has 0 saturated heterocycles. The third-order valence-electron chi connectivity index (χ3n) is 2.05. The number of hydrogen-bond donors (Lipinski definition) is 1. The SMILES string of the molecule is CC(C)COc1cc(F)c([N+](=O)[O-])cc1C(=O)O. The first-order chi connectivity index (χ1) is 8.32. The van der Waals surface area contributed by atoms with Crippen LogP contribution in [0.1, 0.15) is 24.2 Å². The number of ether oxygens (including phenoxy) is 1. The second-order valence-corrected chi connectivity index (χ2v) is 4.07. The molecule has 1 aromatic carbocycles. The lowest BCUT2D eigenvalue weighted by Gasteiger charge is -2.11. The lowest BCUT2D eigenvalue weighted by Crippen LogP contribution is -2.10. The van der Waals surface area contributed by atoms with Crippen LogP contribution in [0.15, 0.2) is 12.1 Å². The van der Waals surface area contributed by atoms with Gasteiger partial charge in [-0.15, -0.1) is 0 Å². The summed E-state index contributed by atoms with van der Waals surface area (Å²) in [6.45, 7) is 3.86. The number of carboxylic acids is 1. The Balaban J connectivity index is 3.20. The fourth-order valence-electron chi connectivity index (χ4n) is 1.23.